The molecule has 3 heteroatoms. The fourth-order valence-corrected chi connectivity index (χ4v) is 4.49. The first-order valence-electron chi connectivity index (χ1n) is 9.92. The molecule has 0 aromatic heterocycles. The second-order valence-electron chi connectivity index (χ2n) is 8.90. The van der Waals surface area contributed by atoms with E-state index in [1.807, 2.05) is 7.05 Å². The van der Waals surface area contributed by atoms with Crippen LogP contribution in [0, 0.1) is 17.3 Å². The third-order valence-electron chi connectivity index (χ3n) is 7.22. The van der Waals surface area contributed by atoms with Gasteiger partial charge in [-0.3, -0.25) is 0 Å². The van der Waals surface area contributed by atoms with Crippen LogP contribution < -0.4 is 11.1 Å². The van der Waals surface area contributed by atoms with E-state index < -0.39 is 0 Å². The van der Waals surface area contributed by atoms with E-state index in [2.05, 4.69) is 33.0 Å². The summed E-state index contributed by atoms with van der Waals surface area (Å²) in [7, 11) is 1.99. The Hall–Kier alpha value is -0.120. The summed E-state index contributed by atoms with van der Waals surface area (Å²) in [5.74, 6) is 1.71. The van der Waals surface area contributed by atoms with Crippen molar-refractivity contribution in [3.63, 3.8) is 0 Å². The highest BCUT2D eigenvalue weighted by Gasteiger charge is 2.45. The number of hydrogen-bond donors (Lipinski definition) is 2. The summed E-state index contributed by atoms with van der Waals surface area (Å²) in [5.41, 5.74) is 7.13. The van der Waals surface area contributed by atoms with Gasteiger partial charge in [-0.05, 0) is 56.4 Å². The van der Waals surface area contributed by atoms with Gasteiger partial charge >= 0.3 is 0 Å². The highest BCUT2D eigenvalue weighted by molar-refractivity contribution is 5.00. The normalized spacial score (nSPS) is 41.0. The third-order valence-corrected chi connectivity index (χ3v) is 7.22. The van der Waals surface area contributed by atoms with Crippen molar-refractivity contribution in [1.82, 2.24) is 5.32 Å². The molecule has 2 rings (SSSR count). The van der Waals surface area contributed by atoms with E-state index in [1.54, 1.807) is 0 Å². The Kier molecular flexibility index (Phi) is 6.55. The van der Waals surface area contributed by atoms with Crippen LogP contribution in [0.15, 0.2) is 0 Å². The third kappa shape index (κ3) is 4.49. The van der Waals surface area contributed by atoms with Crippen molar-refractivity contribution in [2.24, 2.45) is 23.0 Å². The van der Waals surface area contributed by atoms with Gasteiger partial charge < -0.3 is 15.8 Å². The highest BCUT2D eigenvalue weighted by atomic mass is 16.5. The van der Waals surface area contributed by atoms with Crippen molar-refractivity contribution < 1.29 is 4.74 Å². The van der Waals surface area contributed by atoms with Crippen LogP contribution in [-0.2, 0) is 4.74 Å². The monoisotopic (exact) mass is 324 g/mol. The van der Waals surface area contributed by atoms with Gasteiger partial charge in [0, 0.05) is 18.5 Å². The van der Waals surface area contributed by atoms with Crippen LogP contribution in [-0.4, -0.2) is 31.3 Å². The summed E-state index contributed by atoms with van der Waals surface area (Å²) in [6.07, 6.45) is 10.7. The number of nitrogens with one attached hydrogen (secondary N) is 1. The summed E-state index contributed by atoms with van der Waals surface area (Å²) >= 11 is 0. The Morgan fingerprint density at radius 2 is 1.96 bits per heavy atom. The van der Waals surface area contributed by atoms with E-state index in [0.717, 1.165) is 37.6 Å². The van der Waals surface area contributed by atoms with Crippen LogP contribution in [0.4, 0.5) is 0 Å². The van der Waals surface area contributed by atoms with Gasteiger partial charge in [-0.15, -0.1) is 0 Å². The van der Waals surface area contributed by atoms with Gasteiger partial charge in [0.2, 0.25) is 0 Å². The van der Waals surface area contributed by atoms with Crippen molar-refractivity contribution in [3.05, 3.63) is 0 Å². The Bertz CT molecular complexity index is 369. The van der Waals surface area contributed by atoms with E-state index in [9.17, 15) is 0 Å². The van der Waals surface area contributed by atoms with Crippen molar-refractivity contribution in [2.45, 2.75) is 96.8 Å². The SMILES string of the molecule is CC[C@](N)(CC[C@]1(C)CC[C@H](C)CC[C@H]1C)C1C[C@H](CNC)O1. The number of hydrogen-bond acceptors (Lipinski definition) is 3. The maximum absolute atomic E-state index is 6.80. The predicted molar refractivity (Wildman–Crippen MR) is 98.6 cm³/mol. The smallest absolute Gasteiger partial charge is 0.0783 e. The lowest BCUT2D eigenvalue weighted by Crippen LogP contribution is -2.60. The van der Waals surface area contributed by atoms with E-state index in [4.69, 9.17) is 10.5 Å². The first-order chi connectivity index (χ1) is 10.8. The molecule has 6 atom stereocenters. The predicted octanol–water partition coefficient (Wildman–Crippen LogP) is 4.10. The zero-order chi connectivity index (χ0) is 17.1. The molecule has 1 aliphatic carbocycles. The van der Waals surface area contributed by atoms with Gasteiger partial charge in [0.05, 0.1) is 12.2 Å². The van der Waals surface area contributed by atoms with Crippen molar-refractivity contribution in [2.75, 3.05) is 13.6 Å². The van der Waals surface area contributed by atoms with Gasteiger partial charge in [-0.2, -0.15) is 0 Å². The second-order valence-corrected chi connectivity index (χ2v) is 8.90. The molecule has 0 amide bonds. The summed E-state index contributed by atoms with van der Waals surface area (Å²) in [4.78, 5) is 0. The zero-order valence-corrected chi connectivity index (χ0v) is 16.2. The summed E-state index contributed by atoms with van der Waals surface area (Å²) in [6.45, 7) is 10.6. The minimum absolute atomic E-state index is 0.134. The standard InChI is InChI=1S/C20H40N2O/c1-6-20(21,18-13-17(23-18)14-22-5)12-11-19(4)10-9-15(2)7-8-16(19)3/h15-18,22H,6-14,21H2,1-5H3/t15-,16-,17-,18?,19+,20+/m1/s1. The topological polar surface area (TPSA) is 47.3 Å². The van der Waals surface area contributed by atoms with Gasteiger partial charge in [0.1, 0.15) is 0 Å². The van der Waals surface area contributed by atoms with E-state index in [1.165, 1.54) is 32.1 Å². The lowest BCUT2D eigenvalue weighted by molar-refractivity contribution is -0.158. The van der Waals surface area contributed by atoms with Crippen LogP contribution in [0.1, 0.15) is 79.1 Å². The van der Waals surface area contributed by atoms with Gasteiger partial charge in [-0.1, -0.05) is 40.5 Å². The molecule has 0 radical (unpaired) electrons. The van der Waals surface area contributed by atoms with Gasteiger partial charge in [0.25, 0.3) is 0 Å². The lowest BCUT2D eigenvalue weighted by Gasteiger charge is -2.48. The van der Waals surface area contributed by atoms with Crippen molar-refractivity contribution in [3.8, 4) is 0 Å². The zero-order valence-electron chi connectivity index (χ0n) is 16.2. The van der Waals surface area contributed by atoms with Gasteiger partial charge in [0.15, 0.2) is 0 Å². The highest BCUT2D eigenvalue weighted by Crippen LogP contribution is 2.46. The molecule has 0 aromatic carbocycles. The minimum Gasteiger partial charge on any atom is -0.372 e. The number of nitrogens with two attached hydrogens (primary N) is 1. The average molecular weight is 325 g/mol. The van der Waals surface area contributed by atoms with Crippen LogP contribution in [0.5, 0.6) is 0 Å². The maximum atomic E-state index is 6.80. The molecule has 2 aliphatic rings. The average Bonchev–Trinajstić information content (AvgIpc) is 2.62. The molecule has 1 aliphatic heterocycles. The van der Waals surface area contributed by atoms with Gasteiger partial charge in [-0.25, -0.2) is 0 Å². The van der Waals surface area contributed by atoms with E-state index >= 15 is 0 Å². The first kappa shape index (κ1) is 19.2. The Morgan fingerprint density at radius 1 is 1.26 bits per heavy atom. The second kappa shape index (κ2) is 7.84. The molecular formula is C20H40N2O. The molecule has 0 bridgehead atoms. The van der Waals surface area contributed by atoms with E-state index in [-0.39, 0.29) is 11.6 Å². The molecule has 23 heavy (non-hydrogen) atoms. The molecule has 136 valence electrons. The summed E-state index contributed by atoms with van der Waals surface area (Å²) in [5, 5.41) is 3.20. The van der Waals surface area contributed by atoms with Crippen LogP contribution >= 0.6 is 0 Å². The first-order valence-corrected chi connectivity index (χ1v) is 9.92. The lowest BCUT2D eigenvalue weighted by atomic mass is 9.68. The van der Waals surface area contributed by atoms with Crippen LogP contribution in [0.2, 0.25) is 0 Å². The Morgan fingerprint density at radius 3 is 2.57 bits per heavy atom. The van der Waals surface area contributed by atoms with Crippen LogP contribution in [0.25, 0.3) is 0 Å². The summed E-state index contributed by atoms with van der Waals surface area (Å²) in [6, 6.07) is 0. The quantitative estimate of drug-likeness (QED) is 0.693. The minimum atomic E-state index is -0.134. The molecule has 1 saturated heterocycles. The van der Waals surface area contributed by atoms with Crippen molar-refractivity contribution >= 4 is 0 Å². The molecular weight excluding hydrogens is 284 g/mol. The molecule has 0 spiro atoms. The maximum Gasteiger partial charge on any atom is 0.0783 e. The molecule has 3 N–H and O–H groups in total. The number of ether oxygens (including phenoxy) is 1. The van der Waals surface area contributed by atoms with Crippen molar-refractivity contribution in [1.29, 1.82) is 0 Å². The van der Waals surface area contributed by atoms with Crippen LogP contribution in [0.3, 0.4) is 0 Å². The fraction of sp³-hybridized carbons (Fsp3) is 1.00. The molecule has 1 heterocycles. The largest absolute Gasteiger partial charge is 0.372 e. The number of likely N-dealkylation sites (N-methyl/N-ethyl adjacent to an activating group) is 1. The molecule has 3 nitrogen and oxygen atoms in total. The fourth-order valence-electron chi connectivity index (χ4n) is 4.49. The molecule has 0 aromatic rings. The molecule has 1 saturated carbocycles. The number of rotatable bonds is 7. The molecule has 2 fully saturated rings. The summed E-state index contributed by atoms with van der Waals surface area (Å²) < 4.78 is 6.09. The Labute approximate surface area is 144 Å². The molecule has 1 unspecified atom stereocenters. The van der Waals surface area contributed by atoms with E-state index in [0.29, 0.717) is 11.5 Å². The Balaban J connectivity index is 1.91.